The molecule has 1 aliphatic carbocycles. The minimum Gasteiger partial charge on any atom is -0.468 e. The highest BCUT2D eigenvalue weighted by Crippen LogP contribution is 2.20. The zero-order valence-corrected chi connectivity index (χ0v) is 10.7. The van der Waals surface area contributed by atoms with Crippen LogP contribution in [0, 0.1) is 0 Å². The Balaban J connectivity index is 2.08. The normalized spacial score (nSPS) is 16.8. The van der Waals surface area contributed by atoms with E-state index in [1.807, 2.05) is 0 Å². The molecule has 1 atom stereocenters. The predicted molar refractivity (Wildman–Crippen MR) is 63.9 cm³/mol. The molecular weight excluding hydrogens is 222 g/mol. The zero-order chi connectivity index (χ0) is 12.5. The number of esters is 1. The Hall–Kier alpha value is -0.650. The molecule has 0 aromatic heterocycles. The summed E-state index contributed by atoms with van der Waals surface area (Å²) in [6.45, 7) is 1.95. The van der Waals surface area contributed by atoms with Crippen LogP contribution in [0.1, 0.15) is 25.7 Å². The van der Waals surface area contributed by atoms with Gasteiger partial charge < -0.3 is 19.5 Å². The van der Waals surface area contributed by atoms with E-state index in [1.54, 1.807) is 7.11 Å². The number of hydrogen-bond acceptors (Lipinski definition) is 5. The third-order valence-corrected chi connectivity index (χ3v) is 2.69. The van der Waals surface area contributed by atoms with Gasteiger partial charge >= 0.3 is 5.97 Å². The molecule has 5 nitrogen and oxygen atoms in total. The average molecular weight is 245 g/mol. The van der Waals surface area contributed by atoms with Gasteiger partial charge in [0.2, 0.25) is 0 Å². The van der Waals surface area contributed by atoms with Crippen LogP contribution in [0.15, 0.2) is 0 Å². The first-order chi connectivity index (χ1) is 8.27. The van der Waals surface area contributed by atoms with Crippen molar-refractivity contribution in [3.05, 3.63) is 0 Å². The van der Waals surface area contributed by atoms with Crippen molar-refractivity contribution in [3.63, 3.8) is 0 Å². The Morgan fingerprint density at radius 2 is 2.06 bits per heavy atom. The van der Waals surface area contributed by atoms with Gasteiger partial charge in [-0.1, -0.05) is 0 Å². The SMILES string of the molecule is COCCCOCCC(NC1CC1)C(=O)OC. The summed E-state index contributed by atoms with van der Waals surface area (Å²) in [6.07, 6.45) is 3.86. The summed E-state index contributed by atoms with van der Waals surface area (Å²) < 4.78 is 15.1. The molecule has 1 rings (SSSR count). The molecular formula is C12H23NO4. The zero-order valence-electron chi connectivity index (χ0n) is 10.7. The first kappa shape index (κ1) is 14.4. The van der Waals surface area contributed by atoms with E-state index in [0.29, 0.717) is 32.3 Å². The number of carbonyl (C=O) groups is 1. The number of nitrogens with one attached hydrogen (secondary N) is 1. The number of hydrogen-bond donors (Lipinski definition) is 1. The highest BCUT2D eigenvalue weighted by Gasteiger charge is 2.28. The molecule has 0 aliphatic heterocycles. The number of carbonyl (C=O) groups excluding carboxylic acids is 1. The van der Waals surface area contributed by atoms with E-state index < -0.39 is 0 Å². The van der Waals surface area contributed by atoms with Crippen molar-refractivity contribution in [1.29, 1.82) is 0 Å². The second-order valence-electron chi connectivity index (χ2n) is 4.26. The number of rotatable bonds is 10. The fourth-order valence-electron chi connectivity index (χ4n) is 1.55. The van der Waals surface area contributed by atoms with Crippen LogP contribution >= 0.6 is 0 Å². The van der Waals surface area contributed by atoms with Gasteiger partial charge in [0, 0.05) is 33.0 Å². The summed E-state index contributed by atoms with van der Waals surface area (Å²) in [7, 11) is 3.09. The number of ether oxygens (including phenoxy) is 3. The first-order valence-electron chi connectivity index (χ1n) is 6.18. The largest absolute Gasteiger partial charge is 0.468 e. The van der Waals surface area contributed by atoms with E-state index in [0.717, 1.165) is 19.3 Å². The molecule has 0 radical (unpaired) electrons. The van der Waals surface area contributed by atoms with Crippen LogP contribution in [0.5, 0.6) is 0 Å². The van der Waals surface area contributed by atoms with Crippen LogP contribution < -0.4 is 5.32 Å². The van der Waals surface area contributed by atoms with Gasteiger partial charge in [0.25, 0.3) is 0 Å². The summed E-state index contributed by atoms with van der Waals surface area (Å²) in [4.78, 5) is 11.5. The molecule has 1 fully saturated rings. The van der Waals surface area contributed by atoms with Crippen molar-refractivity contribution < 1.29 is 19.0 Å². The van der Waals surface area contributed by atoms with Crippen molar-refractivity contribution in [1.82, 2.24) is 5.32 Å². The Bertz CT molecular complexity index is 219. The van der Waals surface area contributed by atoms with E-state index in [9.17, 15) is 4.79 Å². The molecule has 0 bridgehead atoms. The van der Waals surface area contributed by atoms with Gasteiger partial charge in [0.05, 0.1) is 7.11 Å². The van der Waals surface area contributed by atoms with Gasteiger partial charge in [-0.25, -0.2) is 0 Å². The summed E-state index contributed by atoms with van der Waals surface area (Å²) in [5.41, 5.74) is 0. The minimum absolute atomic E-state index is 0.197. The van der Waals surface area contributed by atoms with Crippen molar-refractivity contribution in [2.45, 2.75) is 37.8 Å². The van der Waals surface area contributed by atoms with Gasteiger partial charge in [0.15, 0.2) is 0 Å². The summed E-state index contributed by atoms with van der Waals surface area (Å²) in [5.74, 6) is -0.197. The number of methoxy groups -OCH3 is 2. The molecule has 0 spiro atoms. The highest BCUT2D eigenvalue weighted by atomic mass is 16.5. The van der Waals surface area contributed by atoms with Crippen LogP contribution in [0.4, 0.5) is 0 Å². The molecule has 1 unspecified atom stereocenters. The van der Waals surface area contributed by atoms with E-state index in [-0.39, 0.29) is 12.0 Å². The standard InChI is InChI=1S/C12H23NO4/c1-15-7-3-8-17-9-6-11(12(14)16-2)13-10-4-5-10/h10-11,13H,3-9H2,1-2H3. The molecule has 100 valence electrons. The van der Waals surface area contributed by atoms with Gasteiger partial charge in [-0.3, -0.25) is 4.79 Å². The molecule has 17 heavy (non-hydrogen) atoms. The average Bonchev–Trinajstić information content (AvgIpc) is 3.15. The molecule has 0 heterocycles. The van der Waals surface area contributed by atoms with E-state index in [2.05, 4.69) is 5.32 Å². The Morgan fingerprint density at radius 3 is 2.65 bits per heavy atom. The lowest BCUT2D eigenvalue weighted by molar-refractivity contribution is -0.143. The van der Waals surface area contributed by atoms with Crippen LogP contribution in [0.25, 0.3) is 0 Å². The second kappa shape index (κ2) is 8.44. The maximum absolute atomic E-state index is 11.5. The quantitative estimate of drug-likeness (QED) is 0.454. The third-order valence-electron chi connectivity index (χ3n) is 2.69. The fraction of sp³-hybridized carbons (Fsp3) is 0.917. The molecule has 0 amide bonds. The Morgan fingerprint density at radius 1 is 1.29 bits per heavy atom. The lowest BCUT2D eigenvalue weighted by atomic mass is 10.2. The maximum Gasteiger partial charge on any atom is 0.322 e. The summed E-state index contributed by atoms with van der Waals surface area (Å²) in [5, 5.41) is 3.26. The molecule has 5 heteroatoms. The fourth-order valence-corrected chi connectivity index (χ4v) is 1.55. The third kappa shape index (κ3) is 6.61. The second-order valence-corrected chi connectivity index (χ2v) is 4.26. The van der Waals surface area contributed by atoms with Gasteiger partial charge in [-0.2, -0.15) is 0 Å². The summed E-state index contributed by atoms with van der Waals surface area (Å²) in [6, 6.07) is 0.266. The highest BCUT2D eigenvalue weighted by molar-refractivity contribution is 5.75. The smallest absolute Gasteiger partial charge is 0.322 e. The van der Waals surface area contributed by atoms with Gasteiger partial charge in [-0.15, -0.1) is 0 Å². The first-order valence-corrected chi connectivity index (χ1v) is 6.18. The van der Waals surface area contributed by atoms with Gasteiger partial charge in [0.1, 0.15) is 6.04 Å². The monoisotopic (exact) mass is 245 g/mol. The van der Waals surface area contributed by atoms with Crippen molar-refractivity contribution in [3.8, 4) is 0 Å². The minimum atomic E-state index is -0.227. The van der Waals surface area contributed by atoms with Crippen molar-refractivity contribution in [2.24, 2.45) is 0 Å². The van der Waals surface area contributed by atoms with Crippen molar-refractivity contribution >= 4 is 5.97 Å². The van der Waals surface area contributed by atoms with Crippen LogP contribution in [-0.2, 0) is 19.0 Å². The summed E-state index contributed by atoms with van der Waals surface area (Å²) >= 11 is 0. The Labute approximate surface area is 103 Å². The molecule has 0 aromatic carbocycles. The molecule has 1 aliphatic rings. The van der Waals surface area contributed by atoms with Crippen LogP contribution in [0.3, 0.4) is 0 Å². The van der Waals surface area contributed by atoms with Crippen LogP contribution in [-0.4, -0.2) is 52.1 Å². The van der Waals surface area contributed by atoms with E-state index in [4.69, 9.17) is 14.2 Å². The van der Waals surface area contributed by atoms with Gasteiger partial charge in [-0.05, 0) is 25.7 Å². The lowest BCUT2D eigenvalue weighted by Gasteiger charge is -2.15. The molecule has 1 N–H and O–H groups in total. The molecule has 0 aromatic rings. The Kier molecular flexibility index (Phi) is 7.16. The lowest BCUT2D eigenvalue weighted by Crippen LogP contribution is -2.39. The molecule has 0 saturated heterocycles. The topological polar surface area (TPSA) is 56.8 Å². The van der Waals surface area contributed by atoms with Crippen LogP contribution in [0.2, 0.25) is 0 Å². The maximum atomic E-state index is 11.5. The predicted octanol–water partition coefficient (Wildman–Crippen LogP) is 0.723. The van der Waals surface area contributed by atoms with Crippen molar-refractivity contribution in [2.75, 3.05) is 34.0 Å². The van der Waals surface area contributed by atoms with E-state index in [1.165, 1.54) is 7.11 Å². The molecule has 1 saturated carbocycles. The van der Waals surface area contributed by atoms with E-state index >= 15 is 0 Å².